The average Bonchev–Trinajstić information content (AvgIpc) is 3.06. The molecule has 3 aromatic heterocycles. The van der Waals surface area contributed by atoms with E-state index in [1.807, 2.05) is 30.5 Å². The molecule has 1 aliphatic carbocycles. The number of aromatic nitrogens is 3. The number of halogens is 1. The molecule has 0 radical (unpaired) electrons. The Balaban J connectivity index is 1.49. The molecule has 0 saturated heterocycles. The number of pyridine rings is 2. The molecular weight excluding hydrogens is 398 g/mol. The zero-order valence-electron chi connectivity index (χ0n) is 15.4. The Morgan fingerprint density at radius 3 is 2.68 bits per heavy atom. The van der Waals surface area contributed by atoms with E-state index in [-0.39, 0.29) is 12.1 Å². The number of nitrogens with one attached hydrogen (secondary N) is 3. The van der Waals surface area contributed by atoms with Crippen molar-refractivity contribution < 1.29 is 8.42 Å². The molecule has 0 amide bonds. The van der Waals surface area contributed by atoms with Crippen LogP contribution in [0.15, 0.2) is 36.7 Å². The smallest absolute Gasteiger partial charge is 0.208 e. The number of rotatable bonds is 5. The summed E-state index contributed by atoms with van der Waals surface area (Å²) in [6.45, 7) is 0. The number of hydrogen-bond donors (Lipinski definition) is 3. The van der Waals surface area contributed by atoms with Gasteiger partial charge in [-0.15, -0.1) is 0 Å². The molecule has 0 aromatic carbocycles. The molecular formula is C19H22ClN5O2S. The van der Waals surface area contributed by atoms with Crippen LogP contribution in [0.2, 0.25) is 5.02 Å². The summed E-state index contributed by atoms with van der Waals surface area (Å²) in [6, 6.07) is 7.80. The van der Waals surface area contributed by atoms with Gasteiger partial charge in [0.15, 0.2) is 0 Å². The Labute approximate surface area is 169 Å². The maximum absolute atomic E-state index is 11.4. The van der Waals surface area contributed by atoms with Gasteiger partial charge in [0.05, 0.1) is 11.9 Å². The number of fused-ring (bicyclic) bond motifs is 1. The fourth-order valence-electron chi connectivity index (χ4n) is 3.74. The van der Waals surface area contributed by atoms with Crippen LogP contribution in [-0.4, -0.2) is 41.7 Å². The van der Waals surface area contributed by atoms with Crippen LogP contribution in [0, 0.1) is 0 Å². The maximum Gasteiger partial charge on any atom is 0.208 e. The first-order valence-corrected chi connectivity index (χ1v) is 11.5. The number of nitrogens with zero attached hydrogens (tertiary/aromatic N) is 2. The van der Waals surface area contributed by atoms with Crippen LogP contribution in [0.3, 0.4) is 0 Å². The van der Waals surface area contributed by atoms with Crippen molar-refractivity contribution in [3.63, 3.8) is 0 Å². The van der Waals surface area contributed by atoms with Crippen LogP contribution in [-0.2, 0) is 10.0 Å². The summed E-state index contributed by atoms with van der Waals surface area (Å²) in [5, 5.41) is 5.06. The summed E-state index contributed by atoms with van der Waals surface area (Å²) >= 11 is 6.35. The zero-order valence-corrected chi connectivity index (χ0v) is 17.0. The molecule has 3 N–H and O–H groups in total. The highest BCUT2D eigenvalue weighted by molar-refractivity contribution is 7.88. The van der Waals surface area contributed by atoms with E-state index in [1.54, 1.807) is 6.20 Å². The van der Waals surface area contributed by atoms with E-state index >= 15 is 0 Å². The molecule has 1 saturated carbocycles. The highest BCUT2D eigenvalue weighted by Crippen LogP contribution is 2.30. The van der Waals surface area contributed by atoms with E-state index < -0.39 is 10.0 Å². The molecule has 3 heterocycles. The van der Waals surface area contributed by atoms with E-state index in [2.05, 4.69) is 20.0 Å². The fourth-order valence-corrected chi connectivity index (χ4v) is 4.79. The summed E-state index contributed by atoms with van der Waals surface area (Å²) in [5.74, 6) is 0.722. The van der Waals surface area contributed by atoms with Crippen molar-refractivity contribution in [2.75, 3.05) is 11.6 Å². The molecule has 0 bridgehead atoms. The lowest BCUT2D eigenvalue weighted by Crippen LogP contribution is -2.39. The Bertz CT molecular complexity index is 1090. The molecule has 7 nitrogen and oxygen atoms in total. The number of hydrogen-bond acceptors (Lipinski definition) is 5. The Hall–Kier alpha value is -2.16. The lowest BCUT2D eigenvalue weighted by atomic mass is 9.92. The van der Waals surface area contributed by atoms with E-state index in [4.69, 9.17) is 16.6 Å². The van der Waals surface area contributed by atoms with Crippen molar-refractivity contribution in [3.05, 3.63) is 41.7 Å². The third kappa shape index (κ3) is 4.45. The minimum absolute atomic E-state index is 0.00894. The van der Waals surface area contributed by atoms with Crippen molar-refractivity contribution in [1.29, 1.82) is 0 Å². The number of sulfonamides is 1. The van der Waals surface area contributed by atoms with E-state index in [0.717, 1.165) is 53.8 Å². The van der Waals surface area contributed by atoms with Crippen molar-refractivity contribution in [2.45, 2.75) is 37.8 Å². The average molecular weight is 420 g/mol. The van der Waals surface area contributed by atoms with Gasteiger partial charge in [-0.05, 0) is 49.9 Å². The Morgan fingerprint density at radius 2 is 1.93 bits per heavy atom. The van der Waals surface area contributed by atoms with Gasteiger partial charge in [0.1, 0.15) is 11.5 Å². The van der Waals surface area contributed by atoms with E-state index in [0.29, 0.717) is 5.02 Å². The SMILES string of the molecule is CS(=O)(=O)NC1CCC(Nc2cc(Cl)cc(-c3c[nH]c4ncccc34)n2)CC1. The van der Waals surface area contributed by atoms with Crippen LogP contribution >= 0.6 is 11.6 Å². The Morgan fingerprint density at radius 1 is 1.18 bits per heavy atom. The monoisotopic (exact) mass is 419 g/mol. The van der Waals surface area contributed by atoms with Crippen LogP contribution < -0.4 is 10.0 Å². The first-order chi connectivity index (χ1) is 13.4. The molecule has 0 unspecified atom stereocenters. The predicted molar refractivity (Wildman–Crippen MR) is 112 cm³/mol. The minimum Gasteiger partial charge on any atom is -0.367 e. The number of H-pyrrole nitrogens is 1. The van der Waals surface area contributed by atoms with Gasteiger partial charge in [-0.1, -0.05) is 11.6 Å². The van der Waals surface area contributed by atoms with Gasteiger partial charge in [0.2, 0.25) is 10.0 Å². The molecule has 0 atom stereocenters. The summed E-state index contributed by atoms with van der Waals surface area (Å²) in [6.07, 6.45) is 8.17. The van der Waals surface area contributed by atoms with Gasteiger partial charge in [-0.25, -0.2) is 23.1 Å². The maximum atomic E-state index is 11.4. The van der Waals surface area contributed by atoms with Crippen molar-refractivity contribution >= 4 is 38.5 Å². The lowest BCUT2D eigenvalue weighted by molar-refractivity contribution is 0.387. The van der Waals surface area contributed by atoms with E-state index in [9.17, 15) is 8.42 Å². The van der Waals surface area contributed by atoms with Crippen LogP contribution in [0.4, 0.5) is 5.82 Å². The van der Waals surface area contributed by atoms with Gasteiger partial charge in [0.25, 0.3) is 0 Å². The normalized spacial score (nSPS) is 20.4. The predicted octanol–water partition coefficient (Wildman–Crippen LogP) is 3.55. The largest absolute Gasteiger partial charge is 0.367 e. The second-order valence-corrected chi connectivity index (χ2v) is 9.46. The second kappa shape index (κ2) is 7.69. The third-order valence-electron chi connectivity index (χ3n) is 4.98. The summed E-state index contributed by atoms with van der Waals surface area (Å²) in [7, 11) is -3.16. The summed E-state index contributed by atoms with van der Waals surface area (Å²) in [5.41, 5.74) is 2.54. The quantitative estimate of drug-likeness (QED) is 0.587. The lowest BCUT2D eigenvalue weighted by Gasteiger charge is -2.29. The van der Waals surface area contributed by atoms with Crippen molar-refractivity contribution in [3.8, 4) is 11.3 Å². The molecule has 1 fully saturated rings. The van der Waals surface area contributed by atoms with Gasteiger partial charge < -0.3 is 10.3 Å². The fraction of sp³-hybridized carbons (Fsp3) is 0.368. The van der Waals surface area contributed by atoms with Gasteiger partial charge in [-0.3, -0.25) is 0 Å². The molecule has 0 spiro atoms. The number of aromatic amines is 1. The van der Waals surface area contributed by atoms with Crippen molar-refractivity contribution in [2.24, 2.45) is 0 Å². The van der Waals surface area contributed by atoms with Crippen LogP contribution in [0.1, 0.15) is 25.7 Å². The standard InChI is InChI=1S/C19H22ClN5O2S/c1-28(26,27)25-14-6-4-13(5-7-14)23-18-10-12(20)9-17(24-18)16-11-22-19-15(16)3-2-8-21-19/h2-3,8-11,13-14,25H,4-7H2,1H3,(H,21,22)(H,23,24). The molecule has 4 rings (SSSR count). The van der Waals surface area contributed by atoms with Gasteiger partial charge >= 0.3 is 0 Å². The number of anilines is 1. The molecule has 3 aromatic rings. The summed E-state index contributed by atoms with van der Waals surface area (Å²) in [4.78, 5) is 12.2. The Kier molecular flexibility index (Phi) is 5.27. The van der Waals surface area contributed by atoms with Crippen molar-refractivity contribution in [1.82, 2.24) is 19.7 Å². The molecule has 0 aliphatic heterocycles. The topological polar surface area (TPSA) is 99.8 Å². The van der Waals surface area contributed by atoms with E-state index in [1.165, 1.54) is 6.26 Å². The second-order valence-electron chi connectivity index (χ2n) is 7.24. The molecule has 28 heavy (non-hydrogen) atoms. The van der Waals surface area contributed by atoms with Crippen LogP contribution in [0.5, 0.6) is 0 Å². The molecule has 148 valence electrons. The minimum atomic E-state index is -3.16. The van der Waals surface area contributed by atoms with Gasteiger partial charge in [-0.2, -0.15) is 0 Å². The highest BCUT2D eigenvalue weighted by Gasteiger charge is 2.23. The summed E-state index contributed by atoms with van der Waals surface area (Å²) < 4.78 is 25.5. The highest BCUT2D eigenvalue weighted by atomic mass is 35.5. The first kappa shape index (κ1) is 19.2. The molecule has 1 aliphatic rings. The van der Waals surface area contributed by atoms with Crippen LogP contribution in [0.25, 0.3) is 22.3 Å². The molecule has 9 heteroatoms. The zero-order chi connectivity index (χ0) is 19.7. The third-order valence-corrected chi connectivity index (χ3v) is 5.96. The first-order valence-electron chi connectivity index (χ1n) is 9.21. The van der Waals surface area contributed by atoms with Gasteiger partial charge in [0, 0.05) is 40.4 Å².